The van der Waals surface area contributed by atoms with Crippen molar-refractivity contribution in [1.82, 2.24) is 15.5 Å². The van der Waals surface area contributed by atoms with Crippen LogP contribution >= 0.6 is 0 Å². The molecule has 0 saturated heterocycles. The third-order valence-electron chi connectivity index (χ3n) is 3.51. The van der Waals surface area contributed by atoms with Gasteiger partial charge in [0.25, 0.3) is 0 Å². The van der Waals surface area contributed by atoms with E-state index in [0.717, 1.165) is 17.7 Å². The molecule has 1 aromatic heterocycles. The van der Waals surface area contributed by atoms with Crippen molar-refractivity contribution in [3.8, 4) is 0 Å². The Hall–Kier alpha value is -1.89. The zero-order chi connectivity index (χ0) is 14.9. The van der Waals surface area contributed by atoms with Gasteiger partial charge >= 0.3 is 6.18 Å². The Morgan fingerprint density at radius 1 is 1.29 bits per heavy atom. The number of rotatable bonds is 3. The summed E-state index contributed by atoms with van der Waals surface area (Å²) >= 11 is 0. The van der Waals surface area contributed by atoms with Gasteiger partial charge in [-0.3, -0.25) is 0 Å². The number of nitrogens with one attached hydrogen (secondary N) is 1. The molecule has 0 bridgehead atoms. The van der Waals surface area contributed by atoms with Crippen LogP contribution in [0.5, 0.6) is 0 Å². The SMILES string of the molecule is FC(F)(F)CCc1noc(C2CNCc3ccccc32)n1. The van der Waals surface area contributed by atoms with Crippen LogP contribution in [0.2, 0.25) is 0 Å². The molecule has 112 valence electrons. The topological polar surface area (TPSA) is 51.0 Å². The Labute approximate surface area is 119 Å². The summed E-state index contributed by atoms with van der Waals surface area (Å²) in [6.45, 7) is 1.40. The Morgan fingerprint density at radius 2 is 2.10 bits per heavy atom. The van der Waals surface area contributed by atoms with Crippen molar-refractivity contribution in [2.45, 2.75) is 31.5 Å². The van der Waals surface area contributed by atoms with Crippen LogP contribution in [-0.4, -0.2) is 22.9 Å². The number of fused-ring (bicyclic) bond motifs is 1. The van der Waals surface area contributed by atoms with E-state index in [-0.39, 0.29) is 18.2 Å². The highest BCUT2D eigenvalue weighted by atomic mass is 19.4. The van der Waals surface area contributed by atoms with Crippen molar-refractivity contribution in [2.75, 3.05) is 6.54 Å². The molecule has 2 heterocycles. The first kappa shape index (κ1) is 14.1. The minimum absolute atomic E-state index is 0.102. The number of alkyl halides is 3. The molecule has 0 saturated carbocycles. The van der Waals surface area contributed by atoms with Crippen LogP contribution in [0.1, 0.15) is 35.2 Å². The summed E-state index contributed by atoms with van der Waals surface area (Å²) in [6, 6.07) is 7.87. The number of benzene rings is 1. The Kier molecular flexibility index (Phi) is 3.67. The van der Waals surface area contributed by atoms with Gasteiger partial charge in [0, 0.05) is 19.5 Å². The minimum atomic E-state index is -4.21. The van der Waals surface area contributed by atoms with Gasteiger partial charge in [-0.2, -0.15) is 18.2 Å². The van der Waals surface area contributed by atoms with E-state index in [0.29, 0.717) is 12.4 Å². The first-order chi connectivity index (χ1) is 10.0. The van der Waals surface area contributed by atoms with Crippen molar-refractivity contribution >= 4 is 0 Å². The van der Waals surface area contributed by atoms with E-state index in [1.807, 2.05) is 24.3 Å². The molecule has 4 nitrogen and oxygen atoms in total. The lowest BCUT2D eigenvalue weighted by molar-refractivity contribution is -0.134. The summed E-state index contributed by atoms with van der Waals surface area (Å²) in [5.74, 6) is 0.360. The summed E-state index contributed by atoms with van der Waals surface area (Å²) < 4.78 is 41.8. The maximum atomic E-state index is 12.2. The third-order valence-corrected chi connectivity index (χ3v) is 3.51. The van der Waals surface area contributed by atoms with Crippen LogP contribution in [0.4, 0.5) is 13.2 Å². The van der Waals surface area contributed by atoms with Crippen molar-refractivity contribution in [3.63, 3.8) is 0 Å². The highest BCUT2D eigenvalue weighted by molar-refractivity contribution is 5.35. The predicted molar refractivity (Wildman–Crippen MR) is 68.7 cm³/mol. The Morgan fingerprint density at radius 3 is 2.90 bits per heavy atom. The molecule has 0 radical (unpaired) electrons. The predicted octanol–water partition coefficient (Wildman–Crippen LogP) is 2.80. The summed E-state index contributed by atoms with van der Waals surface area (Å²) in [4.78, 5) is 4.12. The van der Waals surface area contributed by atoms with E-state index < -0.39 is 12.6 Å². The van der Waals surface area contributed by atoms with Gasteiger partial charge in [-0.15, -0.1) is 0 Å². The van der Waals surface area contributed by atoms with Crippen molar-refractivity contribution in [1.29, 1.82) is 0 Å². The van der Waals surface area contributed by atoms with E-state index in [1.165, 1.54) is 0 Å². The molecule has 0 aliphatic carbocycles. The summed E-state index contributed by atoms with van der Waals surface area (Å²) in [6.07, 6.45) is -5.40. The molecule has 3 rings (SSSR count). The second-order valence-corrected chi connectivity index (χ2v) is 5.05. The lowest BCUT2D eigenvalue weighted by Crippen LogP contribution is -2.28. The molecule has 0 spiro atoms. The molecule has 0 fully saturated rings. The first-order valence-corrected chi connectivity index (χ1v) is 6.71. The zero-order valence-electron chi connectivity index (χ0n) is 11.2. The van der Waals surface area contributed by atoms with Gasteiger partial charge in [-0.1, -0.05) is 29.4 Å². The van der Waals surface area contributed by atoms with Crippen LogP contribution in [0.15, 0.2) is 28.8 Å². The molecule has 1 aliphatic rings. The largest absolute Gasteiger partial charge is 0.389 e. The molecule has 2 aromatic rings. The lowest BCUT2D eigenvalue weighted by atomic mass is 9.91. The average Bonchev–Trinajstić information content (AvgIpc) is 2.92. The standard InChI is InChI=1S/C14H14F3N3O/c15-14(16,17)6-5-12-19-13(21-20-12)11-8-18-7-9-3-1-2-4-10(9)11/h1-4,11,18H,5-8H2. The number of halogens is 3. The molecule has 7 heteroatoms. The van der Waals surface area contributed by atoms with Crippen molar-refractivity contribution in [3.05, 3.63) is 47.1 Å². The van der Waals surface area contributed by atoms with Crippen molar-refractivity contribution < 1.29 is 17.7 Å². The highest BCUT2D eigenvalue weighted by Gasteiger charge is 2.29. The smallest absolute Gasteiger partial charge is 0.339 e. The van der Waals surface area contributed by atoms with E-state index in [2.05, 4.69) is 15.5 Å². The first-order valence-electron chi connectivity index (χ1n) is 6.71. The third kappa shape index (κ3) is 3.24. The lowest BCUT2D eigenvalue weighted by Gasteiger charge is -2.23. The molecule has 1 unspecified atom stereocenters. The quantitative estimate of drug-likeness (QED) is 0.946. The fraction of sp³-hybridized carbons (Fsp3) is 0.429. The second-order valence-electron chi connectivity index (χ2n) is 5.05. The number of aryl methyl sites for hydroxylation is 1. The molecule has 21 heavy (non-hydrogen) atoms. The van der Waals surface area contributed by atoms with Crippen LogP contribution < -0.4 is 5.32 Å². The van der Waals surface area contributed by atoms with Crippen LogP contribution in [0.25, 0.3) is 0 Å². The van der Waals surface area contributed by atoms with Gasteiger partial charge in [-0.05, 0) is 11.1 Å². The van der Waals surface area contributed by atoms with E-state index in [9.17, 15) is 13.2 Å². The highest BCUT2D eigenvalue weighted by Crippen LogP contribution is 2.29. The molecular formula is C14H14F3N3O. The molecule has 1 atom stereocenters. The van der Waals surface area contributed by atoms with Gasteiger partial charge in [-0.25, -0.2) is 0 Å². The number of nitrogens with zero attached hydrogens (tertiary/aromatic N) is 2. The van der Waals surface area contributed by atoms with E-state index >= 15 is 0 Å². The molecule has 1 aliphatic heterocycles. The van der Waals surface area contributed by atoms with Gasteiger partial charge < -0.3 is 9.84 Å². The van der Waals surface area contributed by atoms with Crippen LogP contribution in [-0.2, 0) is 13.0 Å². The zero-order valence-corrected chi connectivity index (χ0v) is 11.2. The average molecular weight is 297 g/mol. The van der Waals surface area contributed by atoms with Gasteiger partial charge in [0.2, 0.25) is 5.89 Å². The molecule has 1 aromatic carbocycles. The number of hydrogen-bond donors (Lipinski definition) is 1. The van der Waals surface area contributed by atoms with Crippen LogP contribution in [0, 0.1) is 0 Å². The Balaban J connectivity index is 1.78. The maximum Gasteiger partial charge on any atom is 0.389 e. The molecular weight excluding hydrogens is 283 g/mol. The monoisotopic (exact) mass is 297 g/mol. The number of aromatic nitrogens is 2. The van der Waals surface area contributed by atoms with E-state index in [1.54, 1.807) is 0 Å². The summed E-state index contributed by atoms with van der Waals surface area (Å²) in [7, 11) is 0. The summed E-state index contributed by atoms with van der Waals surface area (Å²) in [5, 5.41) is 6.90. The van der Waals surface area contributed by atoms with Crippen LogP contribution in [0.3, 0.4) is 0 Å². The Bertz CT molecular complexity index is 624. The molecule has 0 amide bonds. The minimum Gasteiger partial charge on any atom is -0.339 e. The maximum absolute atomic E-state index is 12.2. The van der Waals surface area contributed by atoms with Gasteiger partial charge in [0.15, 0.2) is 5.82 Å². The van der Waals surface area contributed by atoms with Gasteiger partial charge in [0.05, 0.1) is 12.3 Å². The van der Waals surface area contributed by atoms with E-state index in [4.69, 9.17) is 4.52 Å². The van der Waals surface area contributed by atoms with Gasteiger partial charge in [0.1, 0.15) is 0 Å². The normalized spacial score (nSPS) is 18.5. The summed E-state index contributed by atoms with van der Waals surface area (Å²) in [5.41, 5.74) is 2.23. The fourth-order valence-corrected chi connectivity index (χ4v) is 2.48. The van der Waals surface area contributed by atoms with Crippen molar-refractivity contribution in [2.24, 2.45) is 0 Å². The fourth-order valence-electron chi connectivity index (χ4n) is 2.48. The second kappa shape index (κ2) is 5.48. The number of hydrogen-bond acceptors (Lipinski definition) is 4. The molecule has 1 N–H and O–H groups in total.